The van der Waals surface area contributed by atoms with Crippen molar-refractivity contribution < 1.29 is 23.8 Å². The molecule has 0 aromatic heterocycles. The molecule has 0 bridgehead atoms. The Kier molecular flexibility index (Phi) is 6.59. The zero-order valence-corrected chi connectivity index (χ0v) is 19.0. The molecule has 3 aromatic rings. The molecular formula is C28H26O5. The molecule has 0 amide bonds. The lowest BCUT2D eigenvalue weighted by Crippen LogP contribution is -2.15. The Bertz CT molecular complexity index is 1190. The summed E-state index contributed by atoms with van der Waals surface area (Å²) in [6, 6.07) is 20.9. The summed E-state index contributed by atoms with van der Waals surface area (Å²) in [6.45, 7) is 6.04. The predicted octanol–water partition coefficient (Wildman–Crippen LogP) is 5.86. The maximum atomic E-state index is 12.8. The molecule has 0 saturated carbocycles. The van der Waals surface area contributed by atoms with E-state index in [1.54, 1.807) is 25.1 Å². The van der Waals surface area contributed by atoms with Gasteiger partial charge in [0.15, 0.2) is 12.4 Å². The Balaban J connectivity index is 1.41. The van der Waals surface area contributed by atoms with Crippen LogP contribution >= 0.6 is 0 Å². The molecule has 4 rings (SSSR count). The van der Waals surface area contributed by atoms with Crippen molar-refractivity contribution in [3.8, 4) is 11.5 Å². The van der Waals surface area contributed by atoms with E-state index in [9.17, 15) is 9.59 Å². The molecule has 33 heavy (non-hydrogen) atoms. The van der Waals surface area contributed by atoms with Crippen molar-refractivity contribution in [3.05, 3.63) is 100 Å². The molecular weight excluding hydrogens is 416 g/mol. The van der Waals surface area contributed by atoms with Crippen LogP contribution in [0.4, 0.5) is 0 Å². The lowest BCUT2D eigenvalue weighted by atomic mass is 10.0. The number of benzene rings is 3. The number of ether oxygens (including phenoxy) is 3. The van der Waals surface area contributed by atoms with E-state index in [1.807, 2.05) is 42.5 Å². The van der Waals surface area contributed by atoms with Crippen molar-refractivity contribution in [1.82, 2.24) is 0 Å². The van der Waals surface area contributed by atoms with Gasteiger partial charge in [-0.05, 0) is 47.7 Å². The highest BCUT2D eigenvalue weighted by Crippen LogP contribution is 2.39. The highest BCUT2D eigenvalue weighted by molar-refractivity contribution is 6.15. The zero-order valence-electron chi connectivity index (χ0n) is 19.0. The molecule has 1 aliphatic rings. The molecule has 0 atom stereocenters. The van der Waals surface area contributed by atoms with Gasteiger partial charge in [-0.1, -0.05) is 68.4 Å². The van der Waals surface area contributed by atoms with Crippen LogP contribution in [-0.2, 0) is 16.1 Å². The standard InChI is InChI=1S/C28H26O5/c1-18(2)22-11-9-20(10-12-22)15-25-27(30)23-13-14-24(19(3)28(23)33-25)31-17-26(29)32-16-21-7-5-4-6-8-21/h4-15,18H,16-17H2,1-3H3/b25-15-. The van der Waals surface area contributed by atoms with Crippen molar-refractivity contribution in [2.24, 2.45) is 0 Å². The second kappa shape index (κ2) is 9.74. The van der Waals surface area contributed by atoms with Gasteiger partial charge in [-0.15, -0.1) is 0 Å². The topological polar surface area (TPSA) is 61.8 Å². The normalized spacial score (nSPS) is 13.7. The molecule has 0 radical (unpaired) electrons. The summed E-state index contributed by atoms with van der Waals surface area (Å²) in [4.78, 5) is 24.9. The van der Waals surface area contributed by atoms with Gasteiger partial charge < -0.3 is 14.2 Å². The monoisotopic (exact) mass is 442 g/mol. The number of hydrogen-bond acceptors (Lipinski definition) is 5. The summed E-state index contributed by atoms with van der Waals surface area (Å²) in [5.74, 6) is 0.999. The predicted molar refractivity (Wildman–Crippen MR) is 126 cm³/mol. The molecule has 0 N–H and O–H groups in total. The Morgan fingerprint density at radius 3 is 2.42 bits per heavy atom. The fourth-order valence-corrected chi connectivity index (χ4v) is 3.57. The van der Waals surface area contributed by atoms with Crippen LogP contribution in [0, 0.1) is 6.92 Å². The molecule has 168 valence electrons. The number of allylic oxidation sites excluding steroid dienone is 1. The zero-order chi connectivity index (χ0) is 23.4. The van der Waals surface area contributed by atoms with Gasteiger partial charge in [-0.3, -0.25) is 4.79 Å². The number of ketones is 1. The highest BCUT2D eigenvalue weighted by atomic mass is 16.6. The number of esters is 1. The average Bonchev–Trinajstić information content (AvgIpc) is 3.14. The van der Waals surface area contributed by atoms with E-state index >= 15 is 0 Å². The number of Topliss-reactive ketones (excluding diaryl/α,β-unsaturated/α-hetero) is 1. The average molecular weight is 443 g/mol. The largest absolute Gasteiger partial charge is 0.481 e. The van der Waals surface area contributed by atoms with E-state index in [1.165, 1.54) is 5.56 Å². The van der Waals surface area contributed by atoms with Crippen LogP contribution in [0.25, 0.3) is 6.08 Å². The summed E-state index contributed by atoms with van der Waals surface area (Å²) in [6.07, 6.45) is 1.74. The first-order valence-corrected chi connectivity index (χ1v) is 10.9. The van der Waals surface area contributed by atoms with Crippen molar-refractivity contribution in [2.45, 2.75) is 33.3 Å². The van der Waals surface area contributed by atoms with Crippen LogP contribution < -0.4 is 9.47 Å². The first kappa shape index (κ1) is 22.3. The lowest BCUT2D eigenvalue weighted by molar-refractivity contribution is -0.147. The van der Waals surface area contributed by atoms with Crippen molar-refractivity contribution in [2.75, 3.05) is 6.61 Å². The van der Waals surface area contributed by atoms with Crippen molar-refractivity contribution in [1.29, 1.82) is 0 Å². The van der Waals surface area contributed by atoms with Crippen molar-refractivity contribution in [3.63, 3.8) is 0 Å². The first-order chi connectivity index (χ1) is 15.9. The van der Waals surface area contributed by atoms with Crippen LogP contribution in [0.15, 0.2) is 72.5 Å². The van der Waals surface area contributed by atoms with Crippen LogP contribution in [-0.4, -0.2) is 18.4 Å². The SMILES string of the molecule is Cc1c(OCC(=O)OCc2ccccc2)ccc2c1O/C(=C\c1ccc(C(C)C)cc1)C2=O. The summed E-state index contributed by atoms with van der Waals surface area (Å²) in [5.41, 5.74) is 4.18. The third-order valence-corrected chi connectivity index (χ3v) is 5.53. The van der Waals surface area contributed by atoms with Gasteiger partial charge in [0.1, 0.15) is 18.1 Å². The van der Waals surface area contributed by atoms with Gasteiger partial charge in [-0.25, -0.2) is 4.79 Å². The van der Waals surface area contributed by atoms with E-state index in [-0.39, 0.29) is 24.8 Å². The second-order valence-corrected chi connectivity index (χ2v) is 8.26. The van der Waals surface area contributed by atoms with Gasteiger partial charge in [0.2, 0.25) is 5.78 Å². The molecule has 5 heteroatoms. The molecule has 3 aromatic carbocycles. The van der Waals surface area contributed by atoms with Gasteiger partial charge >= 0.3 is 5.97 Å². The van der Waals surface area contributed by atoms with Crippen LogP contribution in [0.5, 0.6) is 11.5 Å². The van der Waals surface area contributed by atoms with Crippen LogP contribution in [0.3, 0.4) is 0 Å². The molecule has 0 aliphatic carbocycles. The Morgan fingerprint density at radius 2 is 1.73 bits per heavy atom. The van der Waals surface area contributed by atoms with Gasteiger partial charge in [0.05, 0.1) is 5.56 Å². The molecule has 0 fully saturated rings. The minimum Gasteiger partial charge on any atom is -0.481 e. The number of carbonyl (C=O) groups is 2. The molecule has 0 spiro atoms. The fourth-order valence-electron chi connectivity index (χ4n) is 3.57. The molecule has 5 nitrogen and oxygen atoms in total. The van der Waals surface area contributed by atoms with Crippen LogP contribution in [0.2, 0.25) is 0 Å². The Hall–Kier alpha value is -3.86. The molecule has 1 aliphatic heterocycles. The van der Waals surface area contributed by atoms with Gasteiger partial charge in [-0.2, -0.15) is 0 Å². The highest BCUT2D eigenvalue weighted by Gasteiger charge is 2.30. The summed E-state index contributed by atoms with van der Waals surface area (Å²) in [7, 11) is 0. The van der Waals surface area contributed by atoms with E-state index in [2.05, 4.69) is 26.0 Å². The second-order valence-electron chi connectivity index (χ2n) is 8.26. The fraction of sp³-hybridized carbons (Fsp3) is 0.214. The van der Waals surface area contributed by atoms with Crippen LogP contribution in [0.1, 0.15) is 52.4 Å². The van der Waals surface area contributed by atoms with E-state index in [4.69, 9.17) is 14.2 Å². The van der Waals surface area contributed by atoms with E-state index in [0.717, 1.165) is 11.1 Å². The third-order valence-electron chi connectivity index (χ3n) is 5.53. The summed E-state index contributed by atoms with van der Waals surface area (Å²) < 4.78 is 16.8. The minimum absolute atomic E-state index is 0.171. The van der Waals surface area contributed by atoms with E-state index < -0.39 is 5.97 Å². The van der Waals surface area contributed by atoms with Gasteiger partial charge in [0, 0.05) is 5.56 Å². The Morgan fingerprint density at radius 1 is 1.00 bits per heavy atom. The number of fused-ring (bicyclic) bond motifs is 1. The van der Waals surface area contributed by atoms with Gasteiger partial charge in [0.25, 0.3) is 0 Å². The number of carbonyl (C=O) groups excluding carboxylic acids is 2. The maximum absolute atomic E-state index is 12.8. The third kappa shape index (κ3) is 5.14. The quantitative estimate of drug-likeness (QED) is 0.339. The molecule has 0 unspecified atom stereocenters. The first-order valence-electron chi connectivity index (χ1n) is 10.9. The number of hydrogen-bond donors (Lipinski definition) is 0. The van der Waals surface area contributed by atoms with E-state index in [0.29, 0.717) is 28.5 Å². The van der Waals surface area contributed by atoms with Crippen molar-refractivity contribution >= 4 is 17.8 Å². The smallest absolute Gasteiger partial charge is 0.344 e. The Labute approximate surface area is 193 Å². The molecule has 0 saturated heterocycles. The molecule has 1 heterocycles. The maximum Gasteiger partial charge on any atom is 0.344 e. The summed E-state index contributed by atoms with van der Waals surface area (Å²) in [5, 5.41) is 0. The number of rotatable bonds is 7. The summed E-state index contributed by atoms with van der Waals surface area (Å²) >= 11 is 0. The lowest BCUT2D eigenvalue weighted by Gasteiger charge is -2.11. The minimum atomic E-state index is -0.471.